The molecule has 0 N–H and O–H groups in total. The standard InChI is InChI=1S/C18H23NO3/c1-18(2,3)19-17(12-7-5-4-6-8-12)13-9-15-16(21-11-20-15)10-14(13)22-19/h7,9-10,17H,4-6,8,11H2,1-3H3. The van der Waals surface area contributed by atoms with Crippen molar-refractivity contribution in [2.45, 2.75) is 58.0 Å². The molecule has 4 heteroatoms. The summed E-state index contributed by atoms with van der Waals surface area (Å²) in [6.45, 7) is 6.87. The SMILES string of the molecule is CC(C)(C)N1Oc2cc3c(cc2C1C1=CCCCC1)OCO3. The van der Waals surface area contributed by atoms with Gasteiger partial charge < -0.3 is 14.3 Å². The average molecular weight is 301 g/mol. The molecule has 0 saturated carbocycles. The number of rotatable bonds is 1. The highest BCUT2D eigenvalue weighted by molar-refractivity contribution is 5.55. The van der Waals surface area contributed by atoms with Gasteiger partial charge in [-0.3, -0.25) is 0 Å². The maximum absolute atomic E-state index is 6.22. The minimum absolute atomic E-state index is 0.0753. The van der Waals surface area contributed by atoms with Gasteiger partial charge in [0.15, 0.2) is 17.2 Å². The van der Waals surface area contributed by atoms with Crippen molar-refractivity contribution in [2.75, 3.05) is 6.79 Å². The van der Waals surface area contributed by atoms with E-state index in [1.165, 1.54) is 30.4 Å². The highest BCUT2D eigenvalue weighted by Gasteiger charge is 2.42. The molecule has 1 unspecified atom stereocenters. The molecule has 3 aliphatic rings. The van der Waals surface area contributed by atoms with Gasteiger partial charge in [0.25, 0.3) is 0 Å². The minimum atomic E-state index is -0.0753. The molecule has 2 heterocycles. The van der Waals surface area contributed by atoms with Crippen molar-refractivity contribution in [3.8, 4) is 17.2 Å². The number of ether oxygens (including phenoxy) is 2. The Bertz CT molecular complexity index is 630. The van der Waals surface area contributed by atoms with Crippen molar-refractivity contribution in [1.29, 1.82) is 0 Å². The lowest BCUT2D eigenvalue weighted by Gasteiger charge is -2.36. The predicted octanol–water partition coefficient (Wildman–Crippen LogP) is 4.36. The maximum atomic E-state index is 6.22. The van der Waals surface area contributed by atoms with Gasteiger partial charge in [-0.1, -0.05) is 6.08 Å². The molecule has 1 aliphatic carbocycles. The largest absolute Gasteiger partial charge is 0.454 e. The molecule has 0 fully saturated rings. The van der Waals surface area contributed by atoms with E-state index in [1.807, 2.05) is 6.07 Å². The summed E-state index contributed by atoms with van der Waals surface area (Å²) in [7, 11) is 0. The summed E-state index contributed by atoms with van der Waals surface area (Å²) < 4.78 is 11.1. The first kappa shape index (κ1) is 13.9. The van der Waals surface area contributed by atoms with Gasteiger partial charge in [-0.2, -0.15) is 0 Å². The van der Waals surface area contributed by atoms with Gasteiger partial charge in [0.1, 0.15) is 0 Å². The zero-order chi connectivity index (χ0) is 15.3. The molecule has 2 aliphatic heterocycles. The predicted molar refractivity (Wildman–Crippen MR) is 84.1 cm³/mol. The second-order valence-electron chi connectivity index (χ2n) is 7.26. The molecular weight excluding hydrogens is 278 g/mol. The third kappa shape index (κ3) is 2.17. The van der Waals surface area contributed by atoms with E-state index in [9.17, 15) is 0 Å². The van der Waals surface area contributed by atoms with Gasteiger partial charge in [0.2, 0.25) is 6.79 Å². The number of hydroxylamine groups is 2. The zero-order valence-electron chi connectivity index (χ0n) is 13.5. The first-order chi connectivity index (χ1) is 10.5. The highest BCUT2D eigenvalue weighted by Crippen LogP contribution is 2.51. The number of allylic oxidation sites excluding steroid dienone is 1. The van der Waals surface area contributed by atoms with Gasteiger partial charge in [-0.15, -0.1) is 5.06 Å². The van der Waals surface area contributed by atoms with E-state index in [4.69, 9.17) is 14.3 Å². The molecule has 0 spiro atoms. The highest BCUT2D eigenvalue weighted by atomic mass is 16.7. The fraction of sp³-hybridized carbons (Fsp3) is 0.556. The van der Waals surface area contributed by atoms with Crippen LogP contribution in [0.3, 0.4) is 0 Å². The molecule has 0 saturated heterocycles. The van der Waals surface area contributed by atoms with E-state index in [0.717, 1.165) is 23.7 Å². The Morgan fingerprint density at radius 3 is 2.50 bits per heavy atom. The van der Waals surface area contributed by atoms with Crippen LogP contribution in [0.25, 0.3) is 0 Å². The number of hydrogen-bond acceptors (Lipinski definition) is 4. The molecule has 0 bridgehead atoms. The first-order valence-electron chi connectivity index (χ1n) is 8.14. The van der Waals surface area contributed by atoms with E-state index in [2.05, 4.69) is 38.0 Å². The van der Waals surface area contributed by atoms with Crippen molar-refractivity contribution in [3.05, 3.63) is 29.3 Å². The lowest BCUT2D eigenvalue weighted by Crippen LogP contribution is -2.43. The second kappa shape index (κ2) is 4.92. The van der Waals surface area contributed by atoms with Crippen LogP contribution < -0.4 is 14.3 Å². The molecule has 118 valence electrons. The summed E-state index contributed by atoms with van der Waals surface area (Å²) in [6.07, 6.45) is 7.27. The van der Waals surface area contributed by atoms with E-state index in [1.54, 1.807) is 0 Å². The number of nitrogens with zero attached hydrogens (tertiary/aromatic N) is 1. The van der Waals surface area contributed by atoms with Crippen LogP contribution in [0.5, 0.6) is 17.2 Å². The molecule has 1 atom stereocenters. The van der Waals surface area contributed by atoms with Crippen molar-refractivity contribution >= 4 is 0 Å². The lowest BCUT2D eigenvalue weighted by atomic mass is 9.88. The molecule has 1 aromatic rings. The van der Waals surface area contributed by atoms with Crippen LogP contribution in [0.1, 0.15) is 58.1 Å². The summed E-state index contributed by atoms with van der Waals surface area (Å²) in [5, 5.41) is 2.13. The topological polar surface area (TPSA) is 30.9 Å². The van der Waals surface area contributed by atoms with Crippen LogP contribution in [-0.2, 0) is 0 Å². The fourth-order valence-electron chi connectivity index (χ4n) is 3.50. The van der Waals surface area contributed by atoms with Crippen LogP contribution in [0.4, 0.5) is 0 Å². The van der Waals surface area contributed by atoms with E-state index < -0.39 is 0 Å². The molecule has 4 nitrogen and oxygen atoms in total. The van der Waals surface area contributed by atoms with Crippen molar-refractivity contribution in [3.63, 3.8) is 0 Å². The summed E-state index contributed by atoms with van der Waals surface area (Å²) in [6, 6.07) is 4.26. The van der Waals surface area contributed by atoms with Crippen LogP contribution in [0, 0.1) is 0 Å². The molecule has 4 rings (SSSR count). The Kier molecular flexibility index (Phi) is 3.12. The Labute approximate surface area is 131 Å². The molecule has 0 amide bonds. The third-order valence-electron chi connectivity index (χ3n) is 4.57. The molecule has 22 heavy (non-hydrogen) atoms. The van der Waals surface area contributed by atoms with E-state index in [0.29, 0.717) is 6.79 Å². The van der Waals surface area contributed by atoms with Crippen LogP contribution in [0.2, 0.25) is 0 Å². The lowest BCUT2D eigenvalue weighted by molar-refractivity contribution is -0.130. The quantitative estimate of drug-likeness (QED) is 0.721. The molecule has 0 aromatic heterocycles. The zero-order valence-corrected chi connectivity index (χ0v) is 13.5. The Hall–Kier alpha value is -1.68. The number of hydrogen-bond donors (Lipinski definition) is 0. The van der Waals surface area contributed by atoms with Gasteiger partial charge >= 0.3 is 0 Å². The van der Waals surface area contributed by atoms with Gasteiger partial charge in [0, 0.05) is 17.2 Å². The van der Waals surface area contributed by atoms with Crippen LogP contribution in [-0.4, -0.2) is 17.4 Å². The third-order valence-corrected chi connectivity index (χ3v) is 4.57. The molecule has 0 radical (unpaired) electrons. The van der Waals surface area contributed by atoms with Gasteiger partial charge in [-0.25, -0.2) is 0 Å². The Morgan fingerprint density at radius 2 is 1.82 bits per heavy atom. The molecular formula is C18H23NO3. The monoisotopic (exact) mass is 301 g/mol. The Morgan fingerprint density at radius 1 is 1.05 bits per heavy atom. The summed E-state index contributed by atoms with van der Waals surface area (Å²) >= 11 is 0. The minimum Gasteiger partial charge on any atom is -0.454 e. The van der Waals surface area contributed by atoms with Crippen molar-refractivity contribution < 1.29 is 14.3 Å². The van der Waals surface area contributed by atoms with E-state index in [-0.39, 0.29) is 11.6 Å². The number of benzene rings is 1. The average Bonchev–Trinajstić information content (AvgIpc) is 3.08. The first-order valence-corrected chi connectivity index (χ1v) is 8.14. The van der Waals surface area contributed by atoms with Crippen molar-refractivity contribution in [1.82, 2.24) is 5.06 Å². The summed E-state index contributed by atoms with van der Waals surface area (Å²) in [4.78, 5) is 6.22. The normalized spacial score (nSPS) is 24.0. The van der Waals surface area contributed by atoms with Crippen LogP contribution in [0.15, 0.2) is 23.8 Å². The van der Waals surface area contributed by atoms with Gasteiger partial charge in [0.05, 0.1) is 6.04 Å². The Balaban J connectivity index is 1.80. The maximum Gasteiger partial charge on any atom is 0.231 e. The summed E-state index contributed by atoms with van der Waals surface area (Å²) in [5.41, 5.74) is 2.60. The second-order valence-corrected chi connectivity index (χ2v) is 7.26. The fourth-order valence-corrected chi connectivity index (χ4v) is 3.50. The number of fused-ring (bicyclic) bond motifs is 2. The van der Waals surface area contributed by atoms with E-state index >= 15 is 0 Å². The summed E-state index contributed by atoms with van der Waals surface area (Å²) in [5.74, 6) is 2.51. The molecule has 1 aromatic carbocycles. The van der Waals surface area contributed by atoms with Crippen molar-refractivity contribution in [2.24, 2.45) is 0 Å². The van der Waals surface area contributed by atoms with Crippen LogP contribution >= 0.6 is 0 Å². The van der Waals surface area contributed by atoms with Gasteiger partial charge in [-0.05, 0) is 58.1 Å². The smallest absolute Gasteiger partial charge is 0.231 e.